The molecule has 0 aliphatic rings. The molecule has 0 saturated heterocycles. The van der Waals surface area contributed by atoms with Crippen LogP contribution in [0.2, 0.25) is 0 Å². The molecule has 0 aliphatic carbocycles. The molecule has 2 atom stereocenters. The largest absolute Gasteiger partial charge is 0.379 e. The van der Waals surface area contributed by atoms with E-state index < -0.39 is 17.7 Å². The third-order valence-corrected chi connectivity index (χ3v) is 2.55. The molecule has 0 aromatic heterocycles. The van der Waals surface area contributed by atoms with Crippen molar-refractivity contribution in [3.63, 3.8) is 0 Å². The summed E-state index contributed by atoms with van der Waals surface area (Å²) < 4.78 is 31.5. The molecular weight excluding hydrogens is 214 g/mol. The number of hydrazine groups is 1. The number of halogens is 2. The average molecular weight is 230 g/mol. The zero-order chi connectivity index (χ0) is 12.1. The maximum atomic E-state index is 13.5. The first kappa shape index (κ1) is 13.0. The lowest BCUT2D eigenvalue weighted by molar-refractivity contribution is 0.0639. The number of hydrogen-bond donors (Lipinski definition) is 2. The van der Waals surface area contributed by atoms with E-state index in [9.17, 15) is 8.78 Å². The number of hydrogen-bond acceptors (Lipinski definition) is 3. The van der Waals surface area contributed by atoms with Crippen LogP contribution in [0.15, 0.2) is 18.2 Å². The summed E-state index contributed by atoms with van der Waals surface area (Å²) in [5.74, 6) is 4.14. The molecule has 0 bridgehead atoms. The van der Waals surface area contributed by atoms with Crippen molar-refractivity contribution in [1.29, 1.82) is 0 Å². The van der Waals surface area contributed by atoms with Gasteiger partial charge in [0, 0.05) is 18.7 Å². The van der Waals surface area contributed by atoms with Gasteiger partial charge in [-0.25, -0.2) is 8.78 Å². The van der Waals surface area contributed by atoms with Crippen molar-refractivity contribution < 1.29 is 13.5 Å². The average Bonchev–Trinajstić information content (AvgIpc) is 2.27. The Morgan fingerprint density at radius 3 is 2.56 bits per heavy atom. The Bertz CT molecular complexity index is 343. The monoisotopic (exact) mass is 230 g/mol. The van der Waals surface area contributed by atoms with E-state index in [1.165, 1.54) is 19.2 Å². The second kappa shape index (κ2) is 5.89. The Balaban J connectivity index is 3.03. The fraction of sp³-hybridized carbons (Fsp3) is 0.455. The highest BCUT2D eigenvalue weighted by Gasteiger charge is 2.23. The van der Waals surface area contributed by atoms with Crippen LogP contribution >= 0.6 is 0 Å². The predicted molar refractivity (Wildman–Crippen MR) is 57.5 cm³/mol. The van der Waals surface area contributed by atoms with Gasteiger partial charge in [-0.15, -0.1) is 0 Å². The summed E-state index contributed by atoms with van der Waals surface area (Å²) in [5.41, 5.74) is 2.80. The summed E-state index contributed by atoms with van der Waals surface area (Å²) in [6.45, 7) is 1.90. The Labute approximate surface area is 93.6 Å². The fourth-order valence-electron chi connectivity index (χ4n) is 1.69. The van der Waals surface area contributed by atoms with Gasteiger partial charge in [0.15, 0.2) is 0 Å². The number of ether oxygens (including phenoxy) is 1. The molecule has 1 rings (SSSR count). The molecule has 0 radical (unpaired) electrons. The second-order valence-corrected chi connectivity index (χ2v) is 3.49. The molecule has 0 saturated carbocycles. The molecule has 0 spiro atoms. The summed E-state index contributed by atoms with van der Waals surface area (Å²) >= 11 is 0. The molecule has 3 nitrogen and oxygen atoms in total. The van der Waals surface area contributed by atoms with Crippen molar-refractivity contribution in [1.82, 2.24) is 5.43 Å². The van der Waals surface area contributed by atoms with E-state index in [4.69, 9.17) is 10.6 Å². The van der Waals surface area contributed by atoms with Crippen LogP contribution in [0.1, 0.15) is 24.9 Å². The van der Waals surface area contributed by atoms with E-state index in [-0.39, 0.29) is 6.10 Å². The third kappa shape index (κ3) is 2.75. The van der Waals surface area contributed by atoms with Gasteiger partial charge in [0.25, 0.3) is 0 Å². The van der Waals surface area contributed by atoms with Crippen LogP contribution in [0.4, 0.5) is 8.78 Å². The number of nitrogens with two attached hydrogens (primary N) is 1. The van der Waals surface area contributed by atoms with E-state index in [0.717, 1.165) is 6.07 Å². The molecular formula is C11H16F2N2O. The van der Waals surface area contributed by atoms with Gasteiger partial charge < -0.3 is 4.74 Å². The first-order chi connectivity index (χ1) is 7.63. The molecule has 16 heavy (non-hydrogen) atoms. The van der Waals surface area contributed by atoms with Crippen molar-refractivity contribution in [2.75, 3.05) is 7.11 Å². The number of nitrogens with one attached hydrogen (secondary N) is 1. The molecule has 1 aromatic rings. The van der Waals surface area contributed by atoms with Crippen LogP contribution in [0, 0.1) is 11.6 Å². The van der Waals surface area contributed by atoms with Gasteiger partial charge in [0.1, 0.15) is 11.6 Å². The second-order valence-electron chi connectivity index (χ2n) is 3.49. The molecule has 0 heterocycles. The molecule has 0 aliphatic heterocycles. The SMILES string of the molecule is CCC(OC)C(NN)c1ccc(F)cc1F. The molecule has 5 heteroatoms. The van der Waals surface area contributed by atoms with Crippen molar-refractivity contribution >= 4 is 0 Å². The Morgan fingerprint density at radius 2 is 2.12 bits per heavy atom. The number of benzene rings is 1. The zero-order valence-corrected chi connectivity index (χ0v) is 9.34. The maximum Gasteiger partial charge on any atom is 0.131 e. The van der Waals surface area contributed by atoms with Crippen LogP contribution in [-0.4, -0.2) is 13.2 Å². The van der Waals surface area contributed by atoms with Gasteiger partial charge in [-0.1, -0.05) is 13.0 Å². The number of rotatable bonds is 5. The van der Waals surface area contributed by atoms with Crippen LogP contribution in [0.5, 0.6) is 0 Å². The lowest BCUT2D eigenvalue weighted by atomic mass is 9.99. The lowest BCUT2D eigenvalue weighted by Crippen LogP contribution is -2.37. The quantitative estimate of drug-likeness (QED) is 0.600. The molecule has 1 aromatic carbocycles. The number of methoxy groups -OCH3 is 1. The summed E-state index contributed by atoms with van der Waals surface area (Å²) in [6, 6.07) is 2.92. The molecule has 0 amide bonds. The first-order valence-corrected chi connectivity index (χ1v) is 5.07. The highest BCUT2D eigenvalue weighted by atomic mass is 19.1. The van der Waals surface area contributed by atoms with Crippen LogP contribution < -0.4 is 11.3 Å². The van der Waals surface area contributed by atoms with E-state index >= 15 is 0 Å². The standard InChI is InChI=1S/C11H16F2N2O/c1-3-10(16-2)11(15-14)8-5-4-7(12)6-9(8)13/h4-6,10-11,15H,3,14H2,1-2H3. The van der Waals surface area contributed by atoms with Crippen molar-refractivity contribution in [2.24, 2.45) is 5.84 Å². The first-order valence-electron chi connectivity index (χ1n) is 5.07. The lowest BCUT2D eigenvalue weighted by Gasteiger charge is -2.25. The van der Waals surface area contributed by atoms with Crippen LogP contribution in [0.25, 0.3) is 0 Å². The normalized spacial score (nSPS) is 14.8. The van der Waals surface area contributed by atoms with Gasteiger partial charge in [-0.05, 0) is 12.5 Å². The van der Waals surface area contributed by atoms with Gasteiger partial charge in [0.05, 0.1) is 12.1 Å². The fourth-order valence-corrected chi connectivity index (χ4v) is 1.69. The summed E-state index contributed by atoms with van der Waals surface area (Å²) in [6.07, 6.45) is 0.410. The molecule has 2 unspecified atom stereocenters. The van der Waals surface area contributed by atoms with E-state index in [1.807, 2.05) is 6.92 Å². The van der Waals surface area contributed by atoms with E-state index in [2.05, 4.69) is 5.43 Å². The summed E-state index contributed by atoms with van der Waals surface area (Å²) in [4.78, 5) is 0. The summed E-state index contributed by atoms with van der Waals surface area (Å²) in [7, 11) is 1.53. The minimum Gasteiger partial charge on any atom is -0.379 e. The van der Waals surface area contributed by atoms with E-state index in [0.29, 0.717) is 12.0 Å². The third-order valence-electron chi connectivity index (χ3n) is 2.55. The van der Waals surface area contributed by atoms with Gasteiger partial charge in [0.2, 0.25) is 0 Å². The predicted octanol–water partition coefficient (Wildman–Crippen LogP) is 1.89. The van der Waals surface area contributed by atoms with Crippen molar-refractivity contribution in [2.45, 2.75) is 25.5 Å². The van der Waals surface area contributed by atoms with Crippen molar-refractivity contribution in [3.8, 4) is 0 Å². The highest BCUT2D eigenvalue weighted by Crippen LogP contribution is 2.23. The van der Waals surface area contributed by atoms with Crippen molar-refractivity contribution in [3.05, 3.63) is 35.4 Å². The molecule has 90 valence electrons. The van der Waals surface area contributed by atoms with Gasteiger partial charge >= 0.3 is 0 Å². The van der Waals surface area contributed by atoms with Gasteiger partial charge in [-0.3, -0.25) is 11.3 Å². The zero-order valence-electron chi connectivity index (χ0n) is 9.34. The van der Waals surface area contributed by atoms with Crippen LogP contribution in [-0.2, 0) is 4.74 Å². The Kier molecular flexibility index (Phi) is 4.79. The highest BCUT2D eigenvalue weighted by molar-refractivity contribution is 5.23. The summed E-state index contributed by atoms with van der Waals surface area (Å²) in [5, 5.41) is 0. The minimum atomic E-state index is -0.626. The Hall–Kier alpha value is -1.04. The van der Waals surface area contributed by atoms with E-state index in [1.54, 1.807) is 0 Å². The Morgan fingerprint density at radius 1 is 1.44 bits per heavy atom. The maximum absolute atomic E-state index is 13.5. The molecule has 0 fully saturated rings. The smallest absolute Gasteiger partial charge is 0.131 e. The minimum absolute atomic E-state index is 0.259. The van der Waals surface area contributed by atoms with Crippen LogP contribution in [0.3, 0.4) is 0 Å². The van der Waals surface area contributed by atoms with Gasteiger partial charge in [-0.2, -0.15) is 0 Å². The molecule has 3 N–H and O–H groups in total. The topological polar surface area (TPSA) is 47.3 Å².